The van der Waals surface area contributed by atoms with Crippen molar-refractivity contribution in [2.75, 3.05) is 0 Å². The molecule has 2 nitrogen and oxygen atoms in total. The van der Waals surface area contributed by atoms with E-state index in [4.69, 9.17) is 0 Å². The van der Waals surface area contributed by atoms with Crippen LogP contribution in [-0.2, 0) is 12.8 Å². The number of benzene rings is 1. The molecular formula is C20H26N2. The van der Waals surface area contributed by atoms with Crippen LogP contribution in [0.25, 0.3) is 0 Å². The van der Waals surface area contributed by atoms with Gasteiger partial charge in [0.15, 0.2) is 0 Å². The SMILES string of the molecule is Cc1cnc(CCc2ccc(C3CCC(C)CC3)cc2)nc1. The first-order valence-corrected chi connectivity index (χ1v) is 8.57. The lowest BCUT2D eigenvalue weighted by molar-refractivity contribution is 0.348. The highest BCUT2D eigenvalue weighted by atomic mass is 14.9. The summed E-state index contributed by atoms with van der Waals surface area (Å²) in [6.07, 6.45) is 11.2. The van der Waals surface area contributed by atoms with E-state index in [0.29, 0.717) is 0 Å². The first-order valence-electron chi connectivity index (χ1n) is 8.57. The Balaban J connectivity index is 1.56. The van der Waals surface area contributed by atoms with E-state index in [-0.39, 0.29) is 0 Å². The van der Waals surface area contributed by atoms with Gasteiger partial charge in [-0.1, -0.05) is 44.0 Å². The van der Waals surface area contributed by atoms with Gasteiger partial charge in [0.2, 0.25) is 0 Å². The Labute approximate surface area is 134 Å². The maximum Gasteiger partial charge on any atom is 0.128 e. The monoisotopic (exact) mass is 294 g/mol. The van der Waals surface area contributed by atoms with Crippen molar-refractivity contribution < 1.29 is 0 Å². The highest BCUT2D eigenvalue weighted by Crippen LogP contribution is 2.35. The van der Waals surface area contributed by atoms with E-state index in [1.54, 1.807) is 0 Å². The molecule has 22 heavy (non-hydrogen) atoms. The van der Waals surface area contributed by atoms with Crippen LogP contribution in [0.3, 0.4) is 0 Å². The second-order valence-electron chi connectivity index (χ2n) is 6.88. The smallest absolute Gasteiger partial charge is 0.128 e. The molecule has 1 heterocycles. The Morgan fingerprint density at radius 1 is 0.909 bits per heavy atom. The molecule has 0 aliphatic heterocycles. The van der Waals surface area contributed by atoms with Crippen molar-refractivity contribution in [1.29, 1.82) is 0 Å². The third-order valence-corrected chi connectivity index (χ3v) is 4.94. The van der Waals surface area contributed by atoms with Crippen LogP contribution in [0, 0.1) is 12.8 Å². The number of aryl methyl sites for hydroxylation is 3. The van der Waals surface area contributed by atoms with Gasteiger partial charge in [0, 0.05) is 18.8 Å². The highest BCUT2D eigenvalue weighted by Gasteiger charge is 2.19. The van der Waals surface area contributed by atoms with E-state index in [2.05, 4.69) is 41.2 Å². The summed E-state index contributed by atoms with van der Waals surface area (Å²) in [5.41, 5.74) is 4.04. The lowest BCUT2D eigenvalue weighted by atomic mass is 9.79. The van der Waals surface area contributed by atoms with E-state index < -0.39 is 0 Å². The number of aromatic nitrogens is 2. The van der Waals surface area contributed by atoms with E-state index in [1.807, 2.05) is 19.3 Å². The second-order valence-corrected chi connectivity index (χ2v) is 6.88. The number of hydrogen-bond acceptors (Lipinski definition) is 2. The molecule has 3 rings (SSSR count). The maximum atomic E-state index is 4.38. The van der Waals surface area contributed by atoms with Gasteiger partial charge >= 0.3 is 0 Å². The van der Waals surface area contributed by atoms with Crippen LogP contribution in [0.4, 0.5) is 0 Å². The van der Waals surface area contributed by atoms with Gasteiger partial charge in [-0.3, -0.25) is 0 Å². The van der Waals surface area contributed by atoms with Gasteiger partial charge in [-0.25, -0.2) is 9.97 Å². The largest absolute Gasteiger partial charge is 0.241 e. The molecule has 1 aliphatic rings. The summed E-state index contributed by atoms with van der Waals surface area (Å²) in [7, 11) is 0. The molecule has 1 aromatic heterocycles. The minimum absolute atomic E-state index is 0.783. The molecule has 0 N–H and O–H groups in total. The van der Waals surface area contributed by atoms with E-state index in [1.165, 1.54) is 36.8 Å². The summed E-state index contributed by atoms with van der Waals surface area (Å²) >= 11 is 0. The molecule has 116 valence electrons. The van der Waals surface area contributed by atoms with Gasteiger partial charge in [0.25, 0.3) is 0 Å². The molecule has 1 fully saturated rings. The molecular weight excluding hydrogens is 268 g/mol. The van der Waals surface area contributed by atoms with E-state index in [9.17, 15) is 0 Å². The molecule has 0 unspecified atom stereocenters. The van der Waals surface area contributed by atoms with Crippen LogP contribution in [0.15, 0.2) is 36.7 Å². The van der Waals surface area contributed by atoms with Crippen molar-refractivity contribution in [2.45, 2.75) is 58.3 Å². The minimum atomic E-state index is 0.783. The molecule has 1 saturated carbocycles. The van der Waals surface area contributed by atoms with E-state index >= 15 is 0 Å². The molecule has 0 spiro atoms. The quantitative estimate of drug-likeness (QED) is 0.804. The van der Waals surface area contributed by atoms with Crippen molar-refractivity contribution >= 4 is 0 Å². The normalized spacial score (nSPS) is 21.7. The fraction of sp³-hybridized carbons (Fsp3) is 0.500. The lowest BCUT2D eigenvalue weighted by Gasteiger charge is -2.26. The standard InChI is InChI=1S/C20H26N2/c1-15-3-8-18(9-4-15)19-10-5-17(6-11-19)7-12-20-21-13-16(2)14-22-20/h5-6,10-11,13-15,18H,3-4,7-9,12H2,1-2H3. The van der Waals surface area contributed by atoms with Crippen molar-refractivity contribution in [3.8, 4) is 0 Å². The Bertz CT molecular complexity index is 578. The zero-order valence-electron chi connectivity index (χ0n) is 13.8. The van der Waals surface area contributed by atoms with Crippen LogP contribution >= 0.6 is 0 Å². The summed E-state index contributed by atoms with van der Waals surface area (Å²) in [4.78, 5) is 8.76. The van der Waals surface area contributed by atoms with Gasteiger partial charge in [-0.15, -0.1) is 0 Å². The molecule has 2 aromatic rings. The van der Waals surface area contributed by atoms with Crippen LogP contribution in [0.5, 0.6) is 0 Å². The van der Waals surface area contributed by atoms with Crippen molar-refractivity contribution in [2.24, 2.45) is 5.92 Å². The van der Waals surface area contributed by atoms with E-state index in [0.717, 1.165) is 36.1 Å². The number of hydrogen-bond donors (Lipinski definition) is 0. The summed E-state index contributed by atoms with van der Waals surface area (Å²) in [6.45, 7) is 4.40. The van der Waals surface area contributed by atoms with Crippen LogP contribution in [0.2, 0.25) is 0 Å². The molecule has 0 atom stereocenters. The summed E-state index contributed by atoms with van der Waals surface area (Å²) in [5.74, 6) is 2.65. The van der Waals surface area contributed by atoms with Crippen molar-refractivity contribution in [3.63, 3.8) is 0 Å². The van der Waals surface area contributed by atoms with Crippen LogP contribution in [-0.4, -0.2) is 9.97 Å². The molecule has 1 aliphatic carbocycles. The zero-order chi connectivity index (χ0) is 15.4. The first kappa shape index (κ1) is 15.2. The Kier molecular flexibility index (Phi) is 4.87. The number of nitrogens with zero attached hydrogens (tertiary/aromatic N) is 2. The first-order chi connectivity index (χ1) is 10.7. The third-order valence-electron chi connectivity index (χ3n) is 4.94. The maximum absolute atomic E-state index is 4.38. The number of rotatable bonds is 4. The van der Waals surface area contributed by atoms with Gasteiger partial charge in [0.05, 0.1) is 0 Å². The molecule has 0 amide bonds. The van der Waals surface area contributed by atoms with Gasteiger partial charge < -0.3 is 0 Å². The predicted molar refractivity (Wildman–Crippen MR) is 91.0 cm³/mol. The second kappa shape index (κ2) is 7.04. The average molecular weight is 294 g/mol. The summed E-state index contributed by atoms with van der Waals surface area (Å²) < 4.78 is 0. The molecule has 0 saturated heterocycles. The zero-order valence-corrected chi connectivity index (χ0v) is 13.8. The Morgan fingerprint density at radius 3 is 2.18 bits per heavy atom. The summed E-state index contributed by atoms with van der Waals surface area (Å²) in [6, 6.07) is 9.26. The van der Waals surface area contributed by atoms with Crippen molar-refractivity contribution in [3.05, 3.63) is 59.2 Å². The topological polar surface area (TPSA) is 25.8 Å². The minimum Gasteiger partial charge on any atom is -0.241 e. The molecule has 0 bridgehead atoms. The van der Waals surface area contributed by atoms with Crippen molar-refractivity contribution in [1.82, 2.24) is 9.97 Å². The average Bonchev–Trinajstić information content (AvgIpc) is 2.56. The molecule has 0 radical (unpaired) electrons. The fourth-order valence-electron chi connectivity index (χ4n) is 3.35. The Morgan fingerprint density at radius 2 is 1.55 bits per heavy atom. The van der Waals surface area contributed by atoms with Crippen LogP contribution in [0.1, 0.15) is 61.0 Å². The van der Waals surface area contributed by atoms with Crippen LogP contribution < -0.4 is 0 Å². The predicted octanol–water partition coefficient (Wildman–Crippen LogP) is 4.86. The van der Waals surface area contributed by atoms with Gasteiger partial charge in [0.1, 0.15) is 5.82 Å². The lowest BCUT2D eigenvalue weighted by Crippen LogP contribution is -2.10. The highest BCUT2D eigenvalue weighted by molar-refractivity contribution is 5.26. The van der Waals surface area contributed by atoms with Gasteiger partial charge in [-0.05, 0) is 54.7 Å². The Hall–Kier alpha value is -1.70. The fourth-order valence-corrected chi connectivity index (χ4v) is 3.35. The summed E-state index contributed by atoms with van der Waals surface area (Å²) in [5, 5.41) is 0. The third kappa shape index (κ3) is 3.94. The van der Waals surface area contributed by atoms with Gasteiger partial charge in [-0.2, -0.15) is 0 Å². The molecule has 1 aromatic carbocycles. The molecule has 2 heteroatoms.